The molecule has 4 rings (SSSR count). The van der Waals surface area contributed by atoms with Gasteiger partial charge in [0.1, 0.15) is 23.0 Å². The molecule has 3 heterocycles. The highest BCUT2D eigenvalue weighted by molar-refractivity contribution is 5.94. The number of pyridine rings is 1. The van der Waals surface area contributed by atoms with E-state index in [0.29, 0.717) is 5.56 Å². The van der Waals surface area contributed by atoms with Crippen molar-refractivity contribution in [1.29, 1.82) is 0 Å². The Balaban J connectivity index is 1.77. The van der Waals surface area contributed by atoms with Crippen molar-refractivity contribution in [2.45, 2.75) is 26.5 Å². The first-order valence-corrected chi connectivity index (χ1v) is 9.89. The molecule has 1 amide bonds. The van der Waals surface area contributed by atoms with Crippen molar-refractivity contribution in [2.24, 2.45) is 0 Å². The van der Waals surface area contributed by atoms with Gasteiger partial charge in [-0.05, 0) is 26.0 Å². The number of ether oxygens (including phenoxy) is 1. The molecule has 0 spiro atoms. The highest BCUT2D eigenvalue weighted by atomic mass is 19.1. The molecule has 0 aliphatic heterocycles. The van der Waals surface area contributed by atoms with Crippen LogP contribution < -0.4 is 16.8 Å². The second kappa shape index (κ2) is 8.65. The van der Waals surface area contributed by atoms with Crippen LogP contribution in [0.1, 0.15) is 19.4 Å². The van der Waals surface area contributed by atoms with Crippen molar-refractivity contribution in [3.8, 4) is 11.5 Å². The molecule has 33 heavy (non-hydrogen) atoms. The molecule has 10 nitrogen and oxygen atoms in total. The number of nitrogens with two attached hydrogens (primary N) is 2. The first-order valence-electron chi connectivity index (χ1n) is 9.89. The van der Waals surface area contributed by atoms with Crippen molar-refractivity contribution < 1.29 is 18.3 Å². The molecule has 170 valence electrons. The van der Waals surface area contributed by atoms with Crippen LogP contribution in [0.4, 0.5) is 30.9 Å². The number of carbonyl (C=O) groups is 1. The number of halogens is 2. The molecule has 0 aliphatic carbocycles. The molecule has 1 aromatic carbocycles. The third-order valence-electron chi connectivity index (χ3n) is 4.58. The predicted molar refractivity (Wildman–Crippen MR) is 118 cm³/mol. The average Bonchev–Trinajstić information content (AvgIpc) is 3.09. The molecule has 4 aromatic rings. The van der Waals surface area contributed by atoms with E-state index in [9.17, 15) is 13.6 Å². The van der Waals surface area contributed by atoms with Gasteiger partial charge in [0.05, 0.1) is 24.2 Å². The van der Waals surface area contributed by atoms with Crippen LogP contribution in [0.15, 0.2) is 36.5 Å². The molecule has 0 atom stereocenters. The Hall–Kier alpha value is -4.35. The van der Waals surface area contributed by atoms with Gasteiger partial charge in [0, 0.05) is 5.56 Å². The number of nitrogens with zero attached hydrogens (tertiary/aromatic N) is 5. The average molecular weight is 454 g/mol. The summed E-state index contributed by atoms with van der Waals surface area (Å²) in [5, 5.41) is 7.11. The van der Waals surface area contributed by atoms with Crippen LogP contribution in [0.25, 0.3) is 22.6 Å². The monoisotopic (exact) mass is 454 g/mol. The highest BCUT2D eigenvalue weighted by Gasteiger charge is 2.21. The first kappa shape index (κ1) is 21.9. The van der Waals surface area contributed by atoms with Gasteiger partial charge in [0.15, 0.2) is 23.1 Å². The third-order valence-corrected chi connectivity index (χ3v) is 4.58. The van der Waals surface area contributed by atoms with Crippen molar-refractivity contribution in [3.05, 3.63) is 53.7 Å². The molecule has 12 heteroatoms. The summed E-state index contributed by atoms with van der Waals surface area (Å²) in [6, 6.07) is 7.42. The van der Waals surface area contributed by atoms with Gasteiger partial charge in [-0.3, -0.25) is 5.32 Å². The number of fused-ring (bicyclic) bond motifs is 1. The molecule has 0 saturated carbocycles. The predicted octanol–water partition coefficient (Wildman–Crippen LogP) is 3.34. The van der Waals surface area contributed by atoms with Gasteiger partial charge in [0.25, 0.3) is 0 Å². The van der Waals surface area contributed by atoms with Crippen molar-refractivity contribution in [1.82, 2.24) is 24.7 Å². The number of aromatic nitrogens is 5. The summed E-state index contributed by atoms with van der Waals surface area (Å²) >= 11 is 0. The molecule has 3 aromatic heterocycles. The van der Waals surface area contributed by atoms with E-state index in [1.54, 1.807) is 32.0 Å². The maximum Gasteiger partial charge on any atom is 0.412 e. The SMILES string of the molecule is CC(C)OC(=O)Nc1c(N)nc(-c2nn(Cc3ccccc3F)c3ncc(F)cc23)nc1N. The third kappa shape index (κ3) is 4.49. The molecule has 0 unspecified atom stereocenters. The number of nitrogens with one attached hydrogen (secondary N) is 1. The smallest absolute Gasteiger partial charge is 0.412 e. The van der Waals surface area contributed by atoms with Gasteiger partial charge in [-0.2, -0.15) is 5.10 Å². The Morgan fingerprint density at radius 1 is 1.18 bits per heavy atom. The summed E-state index contributed by atoms with van der Waals surface area (Å²) in [5.74, 6) is -1.32. The van der Waals surface area contributed by atoms with E-state index in [0.717, 1.165) is 6.20 Å². The minimum absolute atomic E-state index is 0.0162. The molecule has 0 radical (unpaired) electrons. The molecule has 5 N–H and O–H groups in total. The van der Waals surface area contributed by atoms with Crippen LogP contribution in [0.3, 0.4) is 0 Å². The van der Waals surface area contributed by atoms with E-state index in [4.69, 9.17) is 16.2 Å². The maximum atomic E-state index is 14.2. The number of hydrogen-bond donors (Lipinski definition) is 3. The molecular weight excluding hydrogens is 434 g/mol. The fourth-order valence-corrected chi connectivity index (χ4v) is 3.17. The van der Waals surface area contributed by atoms with Crippen LogP contribution in [-0.2, 0) is 11.3 Å². The highest BCUT2D eigenvalue weighted by Crippen LogP contribution is 2.30. The Bertz CT molecular complexity index is 1330. The minimum atomic E-state index is -0.773. The topological polar surface area (TPSA) is 147 Å². The van der Waals surface area contributed by atoms with Crippen LogP contribution in [-0.4, -0.2) is 36.9 Å². The molecule has 0 aliphatic rings. The summed E-state index contributed by atoms with van der Waals surface area (Å²) in [5.41, 5.74) is 12.7. The lowest BCUT2D eigenvalue weighted by Crippen LogP contribution is -2.20. The summed E-state index contributed by atoms with van der Waals surface area (Å²) in [4.78, 5) is 24.3. The number of hydrogen-bond acceptors (Lipinski definition) is 8. The second-order valence-corrected chi connectivity index (χ2v) is 7.39. The number of carbonyl (C=O) groups excluding carboxylic acids is 1. The lowest BCUT2D eigenvalue weighted by atomic mass is 10.2. The molecule has 0 saturated heterocycles. The van der Waals surface area contributed by atoms with Crippen molar-refractivity contribution in [3.63, 3.8) is 0 Å². The first-order chi connectivity index (χ1) is 15.7. The van der Waals surface area contributed by atoms with E-state index < -0.39 is 17.7 Å². The van der Waals surface area contributed by atoms with Gasteiger partial charge in [0.2, 0.25) is 0 Å². The van der Waals surface area contributed by atoms with Crippen LogP contribution >= 0.6 is 0 Å². The quantitative estimate of drug-likeness (QED) is 0.416. The lowest BCUT2D eigenvalue weighted by Gasteiger charge is -2.12. The van der Waals surface area contributed by atoms with Crippen molar-refractivity contribution >= 4 is 34.4 Å². The van der Waals surface area contributed by atoms with Gasteiger partial charge in [-0.25, -0.2) is 33.2 Å². The fourth-order valence-electron chi connectivity index (χ4n) is 3.17. The van der Waals surface area contributed by atoms with Gasteiger partial charge < -0.3 is 16.2 Å². The maximum absolute atomic E-state index is 14.2. The zero-order chi connectivity index (χ0) is 23.7. The number of rotatable bonds is 5. The van der Waals surface area contributed by atoms with E-state index in [-0.39, 0.29) is 52.5 Å². The Labute approximate surface area is 186 Å². The second-order valence-electron chi connectivity index (χ2n) is 7.39. The van der Waals surface area contributed by atoms with Crippen LogP contribution in [0, 0.1) is 11.6 Å². The number of nitrogen functional groups attached to an aromatic ring is 2. The number of anilines is 3. The lowest BCUT2D eigenvalue weighted by molar-refractivity contribution is 0.130. The van der Waals surface area contributed by atoms with Gasteiger partial charge in [-0.15, -0.1) is 0 Å². The van der Waals surface area contributed by atoms with E-state index in [1.165, 1.54) is 16.8 Å². The molecule has 0 bridgehead atoms. The van der Waals surface area contributed by atoms with Crippen molar-refractivity contribution in [2.75, 3.05) is 16.8 Å². The number of amides is 1. The standard InChI is InChI=1S/C21H20F2N8O2/c1-10(2)33-21(32)27-16-17(24)28-19(29-18(16)25)15-13-7-12(22)8-26-20(13)31(30-15)9-11-5-3-4-6-14(11)23/h3-8,10H,9H2,1-2H3,(H,27,32)(H4,24,25,28,29). The number of benzene rings is 1. The zero-order valence-corrected chi connectivity index (χ0v) is 17.7. The molecular formula is C21H20F2N8O2. The Morgan fingerprint density at radius 2 is 1.88 bits per heavy atom. The largest absolute Gasteiger partial charge is 0.447 e. The van der Waals surface area contributed by atoms with Crippen LogP contribution in [0.2, 0.25) is 0 Å². The normalized spacial score (nSPS) is 11.2. The Kier molecular flexibility index (Phi) is 5.73. The van der Waals surface area contributed by atoms with E-state index in [2.05, 4.69) is 25.4 Å². The van der Waals surface area contributed by atoms with Crippen LogP contribution in [0.5, 0.6) is 0 Å². The van der Waals surface area contributed by atoms with Gasteiger partial charge >= 0.3 is 6.09 Å². The summed E-state index contributed by atoms with van der Waals surface area (Å²) in [6.07, 6.45) is -0.104. The van der Waals surface area contributed by atoms with E-state index >= 15 is 0 Å². The van der Waals surface area contributed by atoms with Gasteiger partial charge in [-0.1, -0.05) is 18.2 Å². The Morgan fingerprint density at radius 3 is 2.55 bits per heavy atom. The summed E-state index contributed by atoms with van der Waals surface area (Å²) < 4.78 is 34.6. The minimum Gasteiger partial charge on any atom is -0.447 e. The summed E-state index contributed by atoms with van der Waals surface area (Å²) in [7, 11) is 0. The van der Waals surface area contributed by atoms with E-state index in [1.807, 2.05) is 0 Å². The zero-order valence-electron chi connectivity index (χ0n) is 17.7. The summed E-state index contributed by atoms with van der Waals surface area (Å²) in [6.45, 7) is 3.40. The fraction of sp³-hybridized carbons (Fsp3) is 0.190. The molecule has 0 fully saturated rings.